The molecule has 2 aliphatic rings. The second kappa shape index (κ2) is 7.35. The molecule has 0 bridgehead atoms. The Hall–Kier alpha value is -2.33. The van der Waals surface area contributed by atoms with Gasteiger partial charge in [0.1, 0.15) is 0 Å². The average Bonchev–Trinajstić information content (AvgIpc) is 3.18. The summed E-state index contributed by atoms with van der Waals surface area (Å²) < 4.78 is 0. The van der Waals surface area contributed by atoms with E-state index in [4.69, 9.17) is 0 Å². The van der Waals surface area contributed by atoms with Crippen LogP contribution in [0.1, 0.15) is 55.7 Å². The quantitative estimate of drug-likeness (QED) is 0.617. The van der Waals surface area contributed by atoms with Crippen molar-refractivity contribution in [1.29, 1.82) is 0 Å². The molecule has 27 heavy (non-hydrogen) atoms. The Labute approximate surface area is 160 Å². The highest BCUT2D eigenvalue weighted by atomic mass is 15.1. The van der Waals surface area contributed by atoms with Gasteiger partial charge in [0, 0.05) is 29.2 Å². The fourth-order valence-corrected chi connectivity index (χ4v) is 4.88. The second-order valence-corrected chi connectivity index (χ2v) is 8.18. The Morgan fingerprint density at radius 2 is 1.78 bits per heavy atom. The summed E-state index contributed by atoms with van der Waals surface area (Å²) in [5.41, 5.74) is 5.39. The lowest BCUT2D eigenvalue weighted by molar-refractivity contribution is 0.309. The molecule has 0 aliphatic heterocycles. The van der Waals surface area contributed by atoms with Crippen molar-refractivity contribution < 1.29 is 0 Å². The number of hydrogen-bond donors (Lipinski definition) is 3. The molecule has 1 fully saturated rings. The van der Waals surface area contributed by atoms with Crippen LogP contribution in [0.25, 0.3) is 10.9 Å². The van der Waals surface area contributed by atoms with Crippen molar-refractivity contribution in [2.24, 2.45) is 0 Å². The van der Waals surface area contributed by atoms with E-state index in [1.807, 2.05) is 6.20 Å². The molecule has 2 aromatic carbocycles. The molecule has 1 unspecified atom stereocenters. The highest BCUT2D eigenvalue weighted by Gasteiger charge is 2.26. The van der Waals surface area contributed by atoms with Crippen LogP contribution in [0.2, 0.25) is 0 Å². The molecule has 0 spiro atoms. The van der Waals surface area contributed by atoms with Gasteiger partial charge in [-0.15, -0.1) is 0 Å². The van der Waals surface area contributed by atoms with Gasteiger partial charge in [-0.25, -0.2) is 0 Å². The van der Waals surface area contributed by atoms with Crippen LogP contribution in [-0.2, 0) is 6.42 Å². The number of rotatable bonds is 4. The Morgan fingerprint density at radius 3 is 2.70 bits per heavy atom. The summed E-state index contributed by atoms with van der Waals surface area (Å²) in [7, 11) is 0. The molecule has 3 aromatic rings. The summed E-state index contributed by atoms with van der Waals surface area (Å²) in [6.07, 6.45) is 10.7. The first kappa shape index (κ1) is 16.8. The van der Waals surface area contributed by atoms with Gasteiger partial charge < -0.3 is 10.6 Å². The maximum Gasteiger partial charge on any atom is 0.0651 e. The van der Waals surface area contributed by atoms with E-state index in [0.29, 0.717) is 18.1 Å². The van der Waals surface area contributed by atoms with E-state index >= 15 is 0 Å². The smallest absolute Gasteiger partial charge is 0.0651 e. The van der Waals surface area contributed by atoms with Crippen molar-refractivity contribution in [2.75, 3.05) is 5.32 Å². The van der Waals surface area contributed by atoms with Crippen molar-refractivity contribution in [2.45, 2.75) is 63.1 Å². The molecule has 140 valence electrons. The standard InChI is InChI=1S/C23H28N4/c1-2-6-21-16(4-1)5-3-7-23(21)26-19-10-8-18(9-11-19)25-20-12-13-22-17(14-20)15-24-27-22/h1-2,4,6,12-15,18-19,23,25-26H,3,5,7-11H2,(H,24,27)/t18-,19-,23?. The van der Waals surface area contributed by atoms with Crippen molar-refractivity contribution in [3.8, 4) is 0 Å². The summed E-state index contributed by atoms with van der Waals surface area (Å²) in [5, 5.41) is 16.0. The number of aromatic nitrogens is 2. The van der Waals surface area contributed by atoms with E-state index in [1.54, 1.807) is 5.56 Å². The third-order valence-corrected chi connectivity index (χ3v) is 6.34. The maximum atomic E-state index is 4.11. The van der Waals surface area contributed by atoms with Gasteiger partial charge in [-0.1, -0.05) is 24.3 Å². The number of nitrogens with zero attached hydrogens (tertiary/aromatic N) is 1. The monoisotopic (exact) mass is 360 g/mol. The van der Waals surface area contributed by atoms with Crippen LogP contribution < -0.4 is 10.6 Å². The molecular formula is C23H28N4. The summed E-state index contributed by atoms with van der Waals surface area (Å²) >= 11 is 0. The fourth-order valence-electron chi connectivity index (χ4n) is 4.88. The van der Waals surface area contributed by atoms with Crippen molar-refractivity contribution in [3.63, 3.8) is 0 Å². The third kappa shape index (κ3) is 3.59. The normalized spacial score (nSPS) is 25.3. The summed E-state index contributed by atoms with van der Waals surface area (Å²) in [5.74, 6) is 0. The molecule has 3 N–H and O–H groups in total. The lowest BCUT2D eigenvalue weighted by Crippen LogP contribution is -2.39. The van der Waals surface area contributed by atoms with Crippen LogP contribution in [0, 0.1) is 0 Å². The maximum absolute atomic E-state index is 4.11. The summed E-state index contributed by atoms with van der Waals surface area (Å²) in [6, 6.07) is 17.2. The van der Waals surface area contributed by atoms with Gasteiger partial charge in [0.2, 0.25) is 0 Å². The van der Waals surface area contributed by atoms with E-state index in [9.17, 15) is 0 Å². The lowest BCUT2D eigenvalue weighted by Gasteiger charge is -2.35. The number of nitrogens with one attached hydrogen (secondary N) is 3. The number of H-pyrrole nitrogens is 1. The van der Waals surface area contributed by atoms with Gasteiger partial charge >= 0.3 is 0 Å². The number of fused-ring (bicyclic) bond motifs is 2. The van der Waals surface area contributed by atoms with Crippen molar-refractivity contribution in [3.05, 3.63) is 59.8 Å². The number of aromatic amines is 1. The van der Waals surface area contributed by atoms with Gasteiger partial charge in [0.05, 0.1) is 11.7 Å². The summed E-state index contributed by atoms with van der Waals surface area (Å²) in [6.45, 7) is 0. The molecule has 0 amide bonds. The molecule has 4 nitrogen and oxygen atoms in total. The van der Waals surface area contributed by atoms with Crippen molar-refractivity contribution in [1.82, 2.24) is 15.5 Å². The second-order valence-electron chi connectivity index (χ2n) is 8.18. The van der Waals surface area contributed by atoms with Crippen LogP contribution in [0.5, 0.6) is 0 Å². The molecule has 0 radical (unpaired) electrons. The van der Waals surface area contributed by atoms with Crippen LogP contribution in [-0.4, -0.2) is 22.3 Å². The number of benzene rings is 2. The van der Waals surface area contributed by atoms with Crippen LogP contribution in [0.4, 0.5) is 5.69 Å². The van der Waals surface area contributed by atoms with Crippen LogP contribution >= 0.6 is 0 Å². The predicted octanol–water partition coefficient (Wildman–Crippen LogP) is 4.95. The Balaban J connectivity index is 1.17. The number of aryl methyl sites for hydroxylation is 1. The van der Waals surface area contributed by atoms with Gasteiger partial charge in [-0.05, 0) is 74.3 Å². The SMILES string of the molecule is c1ccc2c(c1)CCCC2N[C@H]1CC[C@H](Nc2ccc3[nH]ncc3c2)CC1. The van der Waals surface area contributed by atoms with Crippen LogP contribution in [0.3, 0.4) is 0 Å². The molecule has 4 heteroatoms. The Morgan fingerprint density at radius 1 is 0.926 bits per heavy atom. The highest BCUT2D eigenvalue weighted by molar-refractivity contribution is 5.81. The van der Waals surface area contributed by atoms with E-state index in [-0.39, 0.29) is 0 Å². The lowest BCUT2D eigenvalue weighted by atomic mass is 9.85. The third-order valence-electron chi connectivity index (χ3n) is 6.34. The molecule has 1 aromatic heterocycles. The average molecular weight is 361 g/mol. The molecule has 2 aliphatic carbocycles. The van der Waals surface area contributed by atoms with E-state index in [0.717, 1.165) is 5.52 Å². The zero-order chi connectivity index (χ0) is 18.1. The highest BCUT2D eigenvalue weighted by Crippen LogP contribution is 2.32. The Kier molecular flexibility index (Phi) is 4.58. The predicted molar refractivity (Wildman–Crippen MR) is 111 cm³/mol. The van der Waals surface area contributed by atoms with Crippen molar-refractivity contribution >= 4 is 16.6 Å². The topological polar surface area (TPSA) is 52.7 Å². The zero-order valence-electron chi connectivity index (χ0n) is 15.7. The first-order chi connectivity index (χ1) is 13.3. The van der Waals surface area contributed by atoms with Gasteiger partial charge in [0.25, 0.3) is 0 Å². The van der Waals surface area contributed by atoms with Gasteiger partial charge in [0.15, 0.2) is 0 Å². The first-order valence-corrected chi connectivity index (χ1v) is 10.4. The van der Waals surface area contributed by atoms with E-state index in [2.05, 4.69) is 63.3 Å². The minimum absolute atomic E-state index is 0.549. The largest absolute Gasteiger partial charge is 0.382 e. The van der Waals surface area contributed by atoms with E-state index < -0.39 is 0 Å². The zero-order valence-corrected chi connectivity index (χ0v) is 15.7. The molecule has 5 rings (SSSR count). The number of anilines is 1. The number of hydrogen-bond acceptors (Lipinski definition) is 3. The Bertz CT molecular complexity index is 907. The molecular weight excluding hydrogens is 332 g/mol. The molecule has 1 heterocycles. The minimum Gasteiger partial charge on any atom is -0.382 e. The summed E-state index contributed by atoms with van der Waals surface area (Å²) in [4.78, 5) is 0. The molecule has 1 saturated carbocycles. The molecule has 0 saturated heterocycles. The van der Waals surface area contributed by atoms with Gasteiger partial charge in [-0.2, -0.15) is 5.10 Å². The first-order valence-electron chi connectivity index (χ1n) is 10.4. The van der Waals surface area contributed by atoms with Gasteiger partial charge in [-0.3, -0.25) is 5.10 Å². The molecule has 1 atom stereocenters. The van der Waals surface area contributed by atoms with Crippen LogP contribution in [0.15, 0.2) is 48.7 Å². The fraction of sp³-hybridized carbons (Fsp3) is 0.435. The minimum atomic E-state index is 0.549. The van der Waals surface area contributed by atoms with E-state index in [1.165, 1.54) is 61.6 Å².